The molecule has 0 radical (unpaired) electrons. The van der Waals surface area contributed by atoms with Crippen molar-refractivity contribution in [1.29, 1.82) is 0 Å². The van der Waals surface area contributed by atoms with Crippen molar-refractivity contribution in [2.75, 3.05) is 25.0 Å². The van der Waals surface area contributed by atoms with Crippen LogP contribution in [-0.4, -0.2) is 47.8 Å². The molecule has 0 amide bonds. The van der Waals surface area contributed by atoms with E-state index in [1.807, 2.05) is 18.7 Å². The number of aromatic nitrogens is 1. The summed E-state index contributed by atoms with van der Waals surface area (Å²) in [6.45, 7) is 8.00. The highest BCUT2D eigenvalue weighted by Gasteiger charge is 2.33. The normalized spacial score (nSPS) is 24.0. The molecule has 118 valence electrons. The lowest BCUT2D eigenvalue weighted by Crippen LogP contribution is -2.44. The van der Waals surface area contributed by atoms with E-state index < -0.39 is 10.0 Å². The zero-order valence-electron chi connectivity index (χ0n) is 12.7. The third-order valence-corrected chi connectivity index (χ3v) is 6.41. The van der Waals surface area contributed by atoms with E-state index in [2.05, 4.69) is 24.1 Å². The van der Waals surface area contributed by atoms with Crippen molar-refractivity contribution in [2.24, 2.45) is 0 Å². The van der Waals surface area contributed by atoms with Gasteiger partial charge in [-0.05, 0) is 18.6 Å². The van der Waals surface area contributed by atoms with Crippen LogP contribution < -0.4 is 5.32 Å². The number of thioether (sulfide) groups is 1. The van der Waals surface area contributed by atoms with E-state index in [-0.39, 0.29) is 4.90 Å². The molecule has 0 spiro atoms. The molecule has 2 rings (SSSR count). The lowest BCUT2D eigenvalue weighted by atomic mass is 10.4. The predicted octanol–water partition coefficient (Wildman–Crippen LogP) is 2.42. The first kappa shape index (κ1) is 16.6. The van der Waals surface area contributed by atoms with Crippen molar-refractivity contribution in [2.45, 2.75) is 42.6 Å². The highest BCUT2D eigenvalue weighted by molar-refractivity contribution is 8.00. The minimum absolute atomic E-state index is 0.282. The second-order valence-corrected chi connectivity index (χ2v) is 9.14. The first-order valence-electron chi connectivity index (χ1n) is 7.29. The number of nitrogens with one attached hydrogen (secondary N) is 1. The quantitative estimate of drug-likeness (QED) is 0.899. The molecule has 5 nitrogen and oxygen atoms in total. The molecular formula is C14H23N3O2S2. The second kappa shape index (κ2) is 6.98. The maximum Gasteiger partial charge on any atom is 0.246 e. The average molecular weight is 329 g/mol. The van der Waals surface area contributed by atoms with Crippen LogP contribution in [0.4, 0.5) is 5.82 Å². The molecule has 1 fully saturated rings. The number of nitrogens with zero attached hydrogens (tertiary/aromatic N) is 2. The molecule has 1 aliphatic rings. The van der Waals surface area contributed by atoms with E-state index in [0.717, 1.165) is 6.42 Å². The zero-order chi connectivity index (χ0) is 15.5. The fourth-order valence-corrected chi connectivity index (χ4v) is 5.69. The van der Waals surface area contributed by atoms with E-state index >= 15 is 0 Å². The van der Waals surface area contributed by atoms with Gasteiger partial charge < -0.3 is 5.32 Å². The van der Waals surface area contributed by atoms with Crippen LogP contribution in [0.15, 0.2) is 23.2 Å². The Morgan fingerprint density at radius 2 is 2.05 bits per heavy atom. The fourth-order valence-electron chi connectivity index (χ4n) is 2.44. The number of anilines is 1. The van der Waals surface area contributed by atoms with Crippen molar-refractivity contribution >= 4 is 27.6 Å². The van der Waals surface area contributed by atoms with Crippen LogP contribution in [0.1, 0.15) is 27.2 Å². The van der Waals surface area contributed by atoms with Crippen LogP contribution in [0.2, 0.25) is 0 Å². The lowest BCUT2D eigenvalue weighted by molar-refractivity contribution is 0.405. The number of hydrogen-bond acceptors (Lipinski definition) is 5. The second-order valence-electron chi connectivity index (χ2n) is 5.36. The summed E-state index contributed by atoms with van der Waals surface area (Å²) in [5, 5.41) is 3.73. The van der Waals surface area contributed by atoms with E-state index in [1.54, 1.807) is 22.6 Å². The van der Waals surface area contributed by atoms with E-state index in [9.17, 15) is 8.42 Å². The van der Waals surface area contributed by atoms with E-state index in [1.165, 1.54) is 0 Å². The summed E-state index contributed by atoms with van der Waals surface area (Å²) in [7, 11) is -3.49. The molecule has 1 saturated heterocycles. The number of pyridine rings is 1. The first-order valence-corrected chi connectivity index (χ1v) is 9.68. The van der Waals surface area contributed by atoms with Crippen LogP contribution in [0.5, 0.6) is 0 Å². The summed E-state index contributed by atoms with van der Waals surface area (Å²) in [6, 6.07) is 3.31. The lowest BCUT2D eigenvalue weighted by Gasteiger charge is -2.33. The highest BCUT2D eigenvalue weighted by atomic mass is 32.2. The van der Waals surface area contributed by atoms with Gasteiger partial charge in [-0.1, -0.05) is 20.8 Å². The molecule has 1 N–H and O–H groups in total. The van der Waals surface area contributed by atoms with Crippen LogP contribution in [0.25, 0.3) is 0 Å². The first-order chi connectivity index (χ1) is 9.95. The molecule has 21 heavy (non-hydrogen) atoms. The molecule has 1 aromatic rings. The standard InChI is InChI=1S/C14H23N3O2S2/c1-4-7-15-14-13(6-5-8-16-14)21(18,19)17-9-11(2)20-12(3)10-17/h5-6,8,11-12H,4,7,9-10H2,1-3H3,(H,15,16). The Kier molecular flexibility index (Phi) is 5.51. The van der Waals surface area contributed by atoms with Crippen molar-refractivity contribution < 1.29 is 8.42 Å². The molecule has 7 heteroatoms. The monoisotopic (exact) mass is 329 g/mol. The largest absolute Gasteiger partial charge is 0.369 e. The summed E-state index contributed by atoms with van der Waals surface area (Å²) in [5.74, 6) is 0.456. The Morgan fingerprint density at radius 3 is 2.67 bits per heavy atom. The van der Waals surface area contributed by atoms with Gasteiger partial charge in [-0.3, -0.25) is 0 Å². The Morgan fingerprint density at radius 1 is 1.38 bits per heavy atom. The smallest absolute Gasteiger partial charge is 0.246 e. The molecule has 1 aliphatic heterocycles. The predicted molar refractivity (Wildman–Crippen MR) is 88.3 cm³/mol. The summed E-state index contributed by atoms with van der Waals surface area (Å²) in [5.41, 5.74) is 0. The van der Waals surface area contributed by atoms with Gasteiger partial charge in [-0.2, -0.15) is 16.1 Å². The van der Waals surface area contributed by atoms with E-state index in [0.29, 0.717) is 36.0 Å². The van der Waals surface area contributed by atoms with Gasteiger partial charge in [0.2, 0.25) is 10.0 Å². The maximum atomic E-state index is 12.9. The van der Waals surface area contributed by atoms with Gasteiger partial charge in [0.15, 0.2) is 0 Å². The van der Waals surface area contributed by atoms with Gasteiger partial charge in [0.25, 0.3) is 0 Å². The van der Waals surface area contributed by atoms with Crippen LogP contribution >= 0.6 is 11.8 Å². The molecular weight excluding hydrogens is 306 g/mol. The SMILES string of the molecule is CCCNc1ncccc1S(=O)(=O)N1CC(C)SC(C)C1. The van der Waals surface area contributed by atoms with Crippen LogP contribution in [0, 0.1) is 0 Å². The molecule has 0 aliphatic carbocycles. The molecule has 0 bridgehead atoms. The summed E-state index contributed by atoms with van der Waals surface area (Å²) < 4.78 is 27.4. The fraction of sp³-hybridized carbons (Fsp3) is 0.643. The van der Waals surface area contributed by atoms with Crippen molar-refractivity contribution in [1.82, 2.24) is 9.29 Å². The van der Waals surface area contributed by atoms with Crippen LogP contribution in [0.3, 0.4) is 0 Å². The molecule has 2 heterocycles. The average Bonchev–Trinajstić information content (AvgIpc) is 2.44. The molecule has 1 aromatic heterocycles. The van der Waals surface area contributed by atoms with Gasteiger partial charge in [0, 0.05) is 36.3 Å². The number of rotatable bonds is 5. The Bertz CT molecular complexity index is 567. The van der Waals surface area contributed by atoms with Crippen molar-refractivity contribution in [3.05, 3.63) is 18.3 Å². The van der Waals surface area contributed by atoms with Gasteiger partial charge in [0.1, 0.15) is 10.7 Å². The molecule has 0 saturated carbocycles. The molecule has 0 aromatic carbocycles. The Labute approximate surface area is 131 Å². The Balaban J connectivity index is 2.31. The van der Waals surface area contributed by atoms with E-state index in [4.69, 9.17) is 0 Å². The van der Waals surface area contributed by atoms with Crippen molar-refractivity contribution in [3.8, 4) is 0 Å². The minimum atomic E-state index is -3.49. The number of hydrogen-bond donors (Lipinski definition) is 1. The molecule has 2 atom stereocenters. The topological polar surface area (TPSA) is 62.3 Å². The third-order valence-electron chi connectivity index (χ3n) is 3.32. The third kappa shape index (κ3) is 3.90. The van der Waals surface area contributed by atoms with Gasteiger partial charge in [0.05, 0.1) is 0 Å². The van der Waals surface area contributed by atoms with Crippen molar-refractivity contribution in [3.63, 3.8) is 0 Å². The summed E-state index contributed by atoms with van der Waals surface area (Å²) in [4.78, 5) is 4.48. The summed E-state index contributed by atoms with van der Waals surface area (Å²) >= 11 is 1.84. The highest BCUT2D eigenvalue weighted by Crippen LogP contribution is 2.30. The minimum Gasteiger partial charge on any atom is -0.369 e. The molecule has 2 unspecified atom stereocenters. The maximum absolute atomic E-state index is 12.9. The zero-order valence-corrected chi connectivity index (χ0v) is 14.4. The van der Waals surface area contributed by atoms with Crippen LogP contribution in [-0.2, 0) is 10.0 Å². The Hall–Kier alpha value is -0.790. The van der Waals surface area contributed by atoms with Gasteiger partial charge >= 0.3 is 0 Å². The number of sulfonamides is 1. The van der Waals surface area contributed by atoms with Gasteiger partial charge in [-0.25, -0.2) is 13.4 Å². The van der Waals surface area contributed by atoms with Gasteiger partial charge in [-0.15, -0.1) is 0 Å². The summed E-state index contributed by atoms with van der Waals surface area (Å²) in [6.07, 6.45) is 2.54.